The van der Waals surface area contributed by atoms with Gasteiger partial charge in [-0.1, -0.05) is 41.9 Å². The molecule has 1 aliphatic rings. The molecule has 0 aromatic heterocycles. The predicted octanol–water partition coefficient (Wildman–Crippen LogP) is 3.76. The van der Waals surface area contributed by atoms with Gasteiger partial charge in [-0.2, -0.15) is 0 Å². The van der Waals surface area contributed by atoms with Crippen LogP contribution in [0.25, 0.3) is 0 Å². The third-order valence-electron chi connectivity index (χ3n) is 4.42. The molecule has 0 radical (unpaired) electrons. The number of alkyl halides is 1. The second-order valence-corrected chi connectivity index (χ2v) is 8.23. The summed E-state index contributed by atoms with van der Waals surface area (Å²) >= 11 is 5.51. The van der Waals surface area contributed by atoms with Crippen LogP contribution >= 0.6 is 11.6 Å². The van der Waals surface area contributed by atoms with Gasteiger partial charge < -0.3 is 19.1 Å². The van der Waals surface area contributed by atoms with Crippen molar-refractivity contribution in [2.75, 3.05) is 25.7 Å². The molecule has 1 aromatic rings. The predicted molar refractivity (Wildman–Crippen MR) is 111 cm³/mol. The summed E-state index contributed by atoms with van der Waals surface area (Å²) in [5, 5.41) is 0. The minimum Gasteiger partial charge on any atom is -0.459 e. The Balaban J connectivity index is 1.99. The summed E-state index contributed by atoms with van der Waals surface area (Å²) in [5.74, 6) is -0.565. The van der Waals surface area contributed by atoms with Gasteiger partial charge in [-0.25, -0.2) is 9.59 Å². The Morgan fingerprint density at radius 1 is 1.17 bits per heavy atom. The number of hydrogen-bond donors (Lipinski definition) is 0. The van der Waals surface area contributed by atoms with Crippen molar-refractivity contribution in [3.05, 3.63) is 35.9 Å². The van der Waals surface area contributed by atoms with Gasteiger partial charge in [-0.3, -0.25) is 9.69 Å². The van der Waals surface area contributed by atoms with Gasteiger partial charge in [0.05, 0.1) is 6.04 Å². The SMILES string of the molecule is CC(C)(C)OC(=O)CN(C[C@@H]1CCCN1C(=O)OCc1ccccc1)C(=O)OCCl. The van der Waals surface area contributed by atoms with Gasteiger partial charge in [0.2, 0.25) is 0 Å². The average molecular weight is 441 g/mol. The first-order valence-electron chi connectivity index (χ1n) is 9.86. The summed E-state index contributed by atoms with van der Waals surface area (Å²) in [6, 6.07) is 8.76. The fourth-order valence-corrected chi connectivity index (χ4v) is 3.29. The minimum atomic E-state index is -0.736. The number of carbonyl (C=O) groups is 3. The fourth-order valence-electron chi connectivity index (χ4n) is 3.19. The first kappa shape index (κ1) is 23.8. The molecule has 1 aromatic carbocycles. The van der Waals surface area contributed by atoms with E-state index in [2.05, 4.69) is 0 Å². The maximum absolute atomic E-state index is 12.6. The molecule has 1 aliphatic heterocycles. The molecule has 0 aliphatic carbocycles. The lowest BCUT2D eigenvalue weighted by Crippen LogP contribution is -2.47. The van der Waals surface area contributed by atoms with Gasteiger partial charge in [0.15, 0.2) is 6.07 Å². The summed E-state index contributed by atoms with van der Waals surface area (Å²) in [6.45, 7) is 5.74. The van der Waals surface area contributed by atoms with Crippen molar-refractivity contribution in [3.63, 3.8) is 0 Å². The second-order valence-electron chi connectivity index (χ2n) is 8.02. The first-order valence-corrected chi connectivity index (χ1v) is 10.4. The first-order chi connectivity index (χ1) is 14.2. The highest BCUT2D eigenvalue weighted by Crippen LogP contribution is 2.21. The third kappa shape index (κ3) is 7.74. The molecule has 0 unspecified atom stereocenters. The van der Waals surface area contributed by atoms with E-state index in [1.54, 1.807) is 25.7 Å². The Hall–Kier alpha value is -2.48. The van der Waals surface area contributed by atoms with Crippen LogP contribution in [-0.2, 0) is 25.6 Å². The average Bonchev–Trinajstić information content (AvgIpc) is 3.13. The fraction of sp³-hybridized carbons (Fsp3) is 0.571. The molecular formula is C21H29ClN2O6. The monoisotopic (exact) mass is 440 g/mol. The Kier molecular flexibility index (Phi) is 8.77. The Morgan fingerprint density at radius 2 is 1.87 bits per heavy atom. The van der Waals surface area contributed by atoms with Crippen molar-refractivity contribution in [1.82, 2.24) is 9.80 Å². The smallest absolute Gasteiger partial charge is 0.411 e. The van der Waals surface area contributed by atoms with Crippen molar-refractivity contribution in [2.45, 2.75) is 51.9 Å². The normalized spacial score (nSPS) is 16.1. The van der Waals surface area contributed by atoms with Crippen LogP contribution in [0.15, 0.2) is 30.3 Å². The van der Waals surface area contributed by atoms with E-state index in [4.69, 9.17) is 25.8 Å². The lowest BCUT2D eigenvalue weighted by atomic mass is 10.2. The van der Waals surface area contributed by atoms with Crippen LogP contribution in [0.3, 0.4) is 0 Å². The van der Waals surface area contributed by atoms with Crippen molar-refractivity contribution >= 4 is 29.8 Å². The Labute approximate surface area is 182 Å². The van der Waals surface area contributed by atoms with Gasteiger partial charge in [0.1, 0.15) is 18.8 Å². The van der Waals surface area contributed by atoms with Gasteiger partial charge in [0, 0.05) is 13.1 Å². The molecule has 0 spiro atoms. The minimum absolute atomic E-state index is 0.120. The third-order valence-corrected chi connectivity index (χ3v) is 4.53. The molecule has 2 rings (SSSR count). The summed E-state index contributed by atoms with van der Waals surface area (Å²) in [4.78, 5) is 39.9. The van der Waals surface area contributed by atoms with Crippen molar-refractivity contribution < 1.29 is 28.6 Å². The van der Waals surface area contributed by atoms with Crippen LogP contribution in [0.1, 0.15) is 39.2 Å². The Bertz CT molecular complexity index is 722. The summed E-state index contributed by atoms with van der Waals surface area (Å²) in [7, 11) is 0. The van der Waals surface area contributed by atoms with E-state index >= 15 is 0 Å². The molecular weight excluding hydrogens is 412 g/mol. The van der Waals surface area contributed by atoms with Gasteiger partial charge in [0.25, 0.3) is 0 Å². The lowest BCUT2D eigenvalue weighted by molar-refractivity contribution is -0.155. The van der Waals surface area contributed by atoms with Crippen molar-refractivity contribution in [1.29, 1.82) is 0 Å². The van der Waals surface area contributed by atoms with E-state index in [1.807, 2.05) is 30.3 Å². The number of benzene rings is 1. The number of nitrogens with zero attached hydrogens (tertiary/aromatic N) is 2. The van der Waals surface area contributed by atoms with E-state index < -0.39 is 23.8 Å². The van der Waals surface area contributed by atoms with Gasteiger partial charge in [-0.05, 0) is 39.2 Å². The number of amides is 2. The van der Waals surface area contributed by atoms with E-state index in [9.17, 15) is 14.4 Å². The number of rotatable bonds is 7. The summed E-state index contributed by atoms with van der Waals surface area (Å²) in [5.41, 5.74) is 0.207. The summed E-state index contributed by atoms with van der Waals surface area (Å²) in [6.07, 6.45) is 0.264. The number of halogens is 1. The van der Waals surface area contributed by atoms with E-state index in [1.165, 1.54) is 4.90 Å². The van der Waals surface area contributed by atoms with Crippen molar-refractivity contribution in [2.24, 2.45) is 0 Å². The quantitative estimate of drug-likeness (QED) is 0.364. The molecule has 0 saturated carbocycles. The molecule has 30 heavy (non-hydrogen) atoms. The standard InChI is InChI=1S/C21H29ClN2O6/c1-21(2,3)30-18(25)13-23(19(26)29-15-22)12-17-10-7-11-24(17)20(27)28-14-16-8-5-4-6-9-16/h4-6,8-9,17H,7,10-15H2,1-3H3/t17-/m0/s1. The van der Waals surface area contributed by atoms with E-state index in [0.29, 0.717) is 13.0 Å². The van der Waals surface area contributed by atoms with Crippen LogP contribution in [0.5, 0.6) is 0 Å². The molecule has 9 heteroatoms. The van der Waals surface area contributed by atoms with Crippen LogP contribution in [0, 0.1) is 0 Å². The number of ether oxygens (including phenoxy) is 3. The van der Waals surface area contributed by atoms with Gasteiger partial charge >= 0.3 is 18.2 Å². The largest absolute Gasteiger partial charge is 0.459 e. The molecule has 1 atom stereocenters. The van der Waals surface area contributed by atoms with Gasteiger partial charge in [-0.15, -0.1) is 0 Å². The Morgan fingerprint density at radius 3 is 2.50 bits per heavy atom. The van der Waals surface area contributed by atoms with Crippen LogP contribution in [0.2, 0.25) is 0 Å². The van der Waals surface area contributed by atoms with Crippen LogP contribution in [0.4, 0.5) is 9.59 Å². The van der Waals surface area contributed by atoms with E-state index in [0.717, 1.165) is 12.0 Å². The molecule has 1 heterocycles. The van der Waals surface area contributed by atoms with Crippen LogP contribution in [-0.4, -0.2) is 65.3 Å². The lowest BCUT2D eigenvalue weighted by Gasteiger charge is -2.30. The molecule has 1 fully saturated rings. The number of esters is 1. The van der Waals surface area contributed by atoms with Crippen molar-refractivity contribution in [3.8, 4) is 0 Å². The molecule has 2 amide bonds. The molecule has 0 bridgehead atoms. The van der Waals surface area contributed by atoms with Crippen LogP contribution < -0.4 is 0 Å². The zero-order valence-electron chi connectivity index (χ0n) is 17.6. The zero-order chi connectivity index (χ0) is 22.1. The highest BCUT2D eigenvalue weighted by Gasteiger charge is 2.34. The number of carbonyl (C=O) groups excluding carboxylic acids is 3. The topological polar surface area (TPSA) is 85.4 Å². The molecule has 8 nitrogen and oxygen atoms in total. The molecule has 1 saturated heterocycles. The highest BCUT2D eigenvalue weighted by atomic mass is 35.5. The maximum atomic E-state index is 12.6. The highest BCUT2D eigenvalue weighted by molar-refractivity contribution is 6.17. The molecule has 0 N–H and O–H groups in total. The number of likely N-dealkylation sites (tertiary alicyclic amines) is 1. The van der Waals surface area contributed by atoms with E-state index in [-0.39, 0.29) is 31.8 Å². The summed E-state index contributed by atoms with van der Waals surface area (Å²) < 4.78 is 15.6. The second kappa shape index (κ2) is 11.1. The zero-order valence-corrected chi connectivity index (χ0v) is 18.4. The molecule has 166 valence electrons. The maximum Gasteiger partial charge on any atom is 0.411 e. The number of hydrogen-bond acceptors (Lipinski definition) is 6.